The first-order chi connectivity index (χ1) is 16.8. The minimum atomic E-state index is -0.243. The molecule has 2 aliphatic rings. The van der Waals surface area contributed by atoms with Crippen molar-refractivity contribution in [2.45, 2.75) is 20.3 Å². The molecule has 0 spiro atoms. The predicted octanol–water partition coefficient (Wildman–Crippen LogP) is 1.93. The summed E-state index contributed by atoms with van der Waals surface area (Å²) < 4.78 is 0. The number of nitrogens with zero attached hydrogens (tertiary/aromatic N) is 5. The van der Waals surface area contributed by atoms with Crippen molar-refractivity contribution in [3.05, 3.63) is 40.9 Å². The number of ketones is 1. The molecule has 0 unspecified atom stereocenters. The number of piperazine rings is 2. The van der Waals surface area contributed by atoms with Crippen molar-refractivity contribution in [1.29, 1.82) is 0 Å². The van der Waals surface area contributed by atoms with Crippen LogP contribution in [0.15, 0.2) is 29.6 Å². The molecule has 1 aromatic heterocycles. The van der Waals surface area contributed by atoms with E-state index in [2.05, 4.69) is 15.2 Å². The topological polar surface area (TPSA) is 106 Å². The lowest BCUT2D eigenvalue weighted by atomic mass is 10.1. The fourth-order valence-corrected chi connectivity index (χ4v) is 4.93. The second-order valence-corrected chi connectivity index (χ2v) is 9.57. The molecule has 0 atom stereocenters. The van der Waals surface area contributed by atoms with Crippen molar-refractivity contribution in [2.75, 3.05) is 62.6 Å². The molecule has 35 heavy (non-hydrogen) atoms. The second-order valence-electron chi connectivity index (χ2n) is 8.71. The number of anilines is 2. The summed E-state index contributed by atoms with van der Waals surface area (Å²) in [5.41, 5.74) is 2.38. The molecule has 1 N–H and O–H groups in total. The number of urea groups is 1. The van der Waals surface area contributed by atoms with E-state index in [1.54, 1.807) is 22.1 Å². The number of amides is 4. The molecule has 0 radical (unpaired) electrons. The maximum Gasteiger partial charge on any atom is 0.323 e. The van der Waals surface area contributed by atoms with Crippen LogP contribution >= 0.6 is 11.3 Å². The van der Waals surface area contributed by atoms with Gasteiger partial charge in [0, 0.05) is 75.9 Å². The molecular formula is C24H30N6O4S. The third-order valence-corrected chi connectivity index (χ3v) is 7.19. The lowest BCUT2D eigenvalue weighted by Gasteiger charge is -2.36. The molecule has 186 valence electrons. The van der Waals surface area contributed by atoms with Crippen LogP contribution in [0.25, 0.3) is 0 Å². The lowest BCUT2D eigenvalue weighted by molar-refractivity contribution is -0.131. The average molecular weight is 499 g/mol. The van der Waals surface area contributed by atoms with Gasteiger partial charge < -0.3 is 19.6 Å². The average Bonchev–Trinajstić information content (AvgIpc) is 3.30. The maximum absolute atomic E-state index is 12.8. The number of carbonyl (C=O) groups excluding carboxylic acids is 4. The van der Waals surface area contributed by atoms with Gasteiger partial charge in [-0.25, -0.2) is 9.78 Å². The summed E-state index contributed by atoms with van der Waals surface area (Å²) in [5, 5.41) is 5.07. The van der Waals surface area contributed by atoms with Crippen LogP contribution in [0, 0.1) is 0 Å². The van der Waals surface area contributed by atoms with Crippen LogP contribution < -0.4 is 10.2 Å². The van der Waals surface area contributed by atoms with Crippen LogP contribution in [-0.4, -0.2) is 95.7 Å². The van der Waals surface area contributed by atoms with Gasteiger partial charge in [-0.05, 0) is 31.2 Å². The van der Waals surface area contributed by atoms with Gasteiger partial charge in [0.15, 0.2) is 10.9 Å². The highest BCUT2D eigenvalue weighted by molar-refractivity contribution is 7.13. The van der Waals surface area contributed by atoms with E-state index < -0.39 is 0 Å². The zero-order valence-electron chi connectivity index (χ0n) is 20.0. The zero-order chi connectivity index (χ0) is 24.9. The van der Waals surface area contributed by atoms with E-state index in [9.17, 15) is 19.2 Å². The van der Waals surface area contributed by atoms with Crippen molar-refractivity contribution < 1.29 is 19.2 Å². The molecule has 1 aromatic carbocycles. The first-order valence-electron chi connectivity index (χ1n) is 11.7. The number of hydrogen-bond acceptors (Lipinski definition) is 7. The van der Waals surface area contributed by atoms with Crippen molar-refractivity contribution in [1.82, 2.24) is 19.7 Å². The Morgan fingerprint density at radius 1 is 0.857 bits per heavy atom. The standard InChI is InChI=1S/C24H30N6O4S/c1-17(31)19-3-5-21(6-4-19)28-9-11-29(12-10-28)22(33)15-20-16-35-23(25-20)26-24(34)30-13-7-27(8-14-30)18(2)32/h3-6,16H,7-15H2,1-2H3,(H,25,26,34). The molecule has 4 amide bonds. The van der Waals surface area contributed by atoms with E-state index in [0.717, 1.165) is 18.8 Å². The molecule has 11 heteroatoms. The van der Waals surface area contributed by atoms with Crippen molar-refractivity contribution in [3.63, 3.8) is 0 Å². The van der Waals surface area contributed by atoms with Crippen LogP contribution in [0.4, 0.5) is 15.6 Å². The summed E-state index contributed by atoms with van der Waals surface area (Å²) in [4.78, 5) is 60.1. The van der Waals surface area contributed by atoms with Crippen LogP contribution in [0.5, 0.6) is 0 Å². The van der Waals surface area contributed by atoms with Crippen LogP contribution in [0.3, 0.4) is 0 Å². The normalized spacial score (nSPS) is 16.3. The summed E-state index contributed by atoms with van der Waals surface area (Å²) in [6, 6.07) is 7.32. The molecule has 0 saturated carbocycles. The molecule has 3 heterocycles. The van der Waals surface area contributed by atoms with Crippen LogP contribution in [0.2, 0.25) is 0 Å². The minimum absolute atomic E-state index is 0.0140. The second kappa shape index (κ2) is 10.9. The Bertz CT molecular complexity index is 1090. The molecule has 4 rings (SSSR count). The Labute approximate surface area is 208 Å². The van der Waals surface area contributed by atoms with Gasteiger partial charge in [-0.1, -0.05) is 0 Å². The van der Waals surface area contributed by atoms with Crippen LogP contribution in [-0.2, 0) is 16.0 Å². The largest absolute Gasteiger partial charge is 0.368 e. The van der Waals surface area contributed by atoms with E-state index in [4.69, 9.17) is 0 Å². The number of benzene rings is 1. The molecule has 10 nitrogen and oxygen atoms in total. The Morgan fingerprint density at radius 3 is 2.06 bits per heavy atom. The summed E-state index contributed by atoms with van der Waals surface area (Å²) in [7, 11) is 0. The van der Waals surface area contributed by atoms with Gasteiger partial charge >= 0.3 is 6.03 Å². The van der Waals surface area contributed by atoms with Crippen molar-refractivity contribution >= 4 is 45.8 Å². The Hall–Kier alpha value is -3.47. The molecular weight excluding hydrogens is 468 g/mol. The highest BCUT2D eigenvalue weighted by Crippen LogP contribution is 2.20. The van der Waals surface area contributed by atoms with E-state index in [1.807, 2.05) is 29.2 Å². The van der Waals surface area contributed by atoms with E-state index in [-0.39, 0.29) is 30.0 Å². The molecule has 2 fully saturated rings. The van der Waals surface area contributed by atoms with Gasteiger partial charge in [0.05, 0.1) is 12.1 Å². The molecule has 0 aliphatic carbocycles. The maximum atomic E-state index is 12.8. The van der Waals surface area contributed by atoms with E-state index in [1.165, 1.54) is 18.3 Å². The first-order valence-corrected chi connectivity index (χ1v) is 12.6. The van der Waals surface area contributed by atoms with Crippen molar-refractivity contribution in [3.8, 4) is 0 Å². The van der Waals surface area contributed by atoms with Crippen LogP contribution in [0.1, 0.15) is 29.9 Å². The number of nitrogens with one attached hydrogen (secondary N) is 1. The third-order valence-electron chi connectivity index (χ3n) is 6.38. The van der Waals surface area contributed by atoms with E-state index >= 15 is 0 Å². The third kappa shape index (κ3) is 6.16. The monoisotopic (exact) mass is 498 g/mol. The van der Waals surface area contributed by atoms with Gasteiger partial charge in [0.1, 0.15) is 0 Å². The lowest BCUT2D eigenvalue weighted by Crippen LogP contribution is -2.51. The van der Waals surface area contributed by atoms with Gasteiger partial charge in [0.25, 0.3) is 0 Å². The number of aromatic nitrogens is 1. The van der Waals surface area contributed by atoms with Gasteiger partial charge in [-0.3, -0.25) is 19.7 Å². The van der Waals surface area contributed by atoms with Gasteiger partial charge in [0.2, 0.25) is 11.8 Å². The highest BCUT2D eigenvalue weighted by atomic mass is 32.1. The Morgan fingerprint density at radius 2 is 1.46 bits per heavy atom. The summed E-state index contributed by atoms with van der Waals surface area (Å²) in [5.74, 6) is 0.0772. The predicted molar refractivity (Wildman–Crippen MR) is 134 cm³/mol. The van der Waals surface area contributed by atoms with Crippen molar-refractivity contribution in [2.24, 2.45) is 0 Å². The fraction of sp³-hybridized carbons (Fsp3) is 0.458. The number of thiazole rings is 1. The fourth-order valence-electron chi connectivity index (χ4n) is 4.23. The summed E-state index contributed by atoms with van der Waals surface area (Å²) >= 11 is 1.30. The SMILES string of the molecule is CC(=O)c1ccc(N2CCN(C(=O)Cc3csc(NC(=O)N4CCN(C(C)=O)CC4)n3)CC2)cc1. The molecule has 2 aromatic rings. The quantitative estimate of drug-likeness (QED) is 0.632. The van der Waals surface area contributed by atoms with Gasteiger partial charge in [-0.15, -0.1) is 11.3 Å². The minimum Gasteiger partial charge on any atom is -0.368 e. The number of carbonyl (C=O) groups is 4. The van der Waals surface area contributed by atoms with Gasteiger partial charge in [-0.2, -0.15) is 0 Å². The summed E-state index contributed by atoms with van der Waals surface area (Å²) in [6.45, 7) is 7.78. The highest BCUT2D eigenvalue weighted by Gasteiger charge is 2.24. The zero-order valence-corrected chi connectivity index (χ0v) is 20.8. The molecule has 2 aliphatic heterocycles. The van der Waals surface area contributed by atoms with E-state index in [0.29, 0.717) is 55.7 Å². The first kappa shape index (κ1) is 24.6. The smallest absolute Gasteiger partial charge is 0.323 e. The summed E-state index contributed by atoms with van der Waals surface area (Å²) in [6.07, 6.45) is 0.191. The number of Topliss-reactive ketones (excluding diaryl/α,β-unsaturated/α-hetero) is 1. The molecule has 2 saturated heterocycles. The molecule has 0 bridgehead atoms. The number of hydrogen-bond donors (Lipinski definition) is 1. The Kier molecular flexibility index (Phi) is 7.64. The number of rotatable bonds is 5. The Balaban J connectivity index is 1.23.